The number of sulfone groups is 1. The number of rotatable bonds is 9. The van der Waals surface area contributed by atoms with Crippen molar-refractivity contribution in [3.8, 4) is 0 Å². The molecule has 1 heterocycles. The minimum Gasteiger partial charge on any atom is -0.351 e. The van der Waals surface area contributed by atoms with Crippen LogP contribution in [0.15, 0.2) is 6.20 Å². The van der Waals surface area contributed by atoms with Crippen molar-refractivity contribution < 1.29 is 39.6 Å². The Bertz CT molecular complexity index is 984. The standard InChI is InChI=1S/C20H25F6N3O3S/c1-2-5-33(31,32)10-13-7-18(8-13,6-12-3-4-12)11-28-16(30)14-9-27-17(20(24,25)26)29-15(14)19(21,22)23/h9,12-13H,2-8,10-11H2,1H3,(H,28,30)/t13-,18+. The van der Waals surface area contributed by atoms with Crippen molar-refractivity contribution in [2.45, 2.75) is 57.8 Å². The first kappa shape index (κ1) is 25.7. The third-order valence-corrected chi connectivity index (χ3v) is 8.06. The van der Waals surface area contributed by atoms with E-state index in [1.54, 1.807) is 6.92 Å². The van der Waals surface area contributed by atoms with Crippen LogP contribution < -0.4 is 5.32 Å². The van der Waals surface area contributed by atoms with Crippen LogP contribution >= 0.6 is 0 Å². The van der Waals surface area contributed by atoms with Gasteiger partial charge < -0.3 is 5.32 Å². The second-order valence-corrected chi connectivity index (χ2v) is 11.4. The van der Waals surface area contributed by atoms with Gasteiger partial charge in [-0.3, -0.25) is 4.79 Å². The average molecular weight is 501 g/mol. The van der Waals surface area contributed by atoms with E-state index in [4.69, 9.17) is 0 Å². The van der Waals surface area contributed by atoms with Gasteiger partial charge in [0.1, 0.15) is 0 Å². The molecule has 0 unspecified atom stereocenters. The highest BCUT2D eigenvalue weighted by Crippen LogP contribution is 2.54. The van der Waals surface area contributed by atoms with Crippen molar-refractivity contribution in [2.24, 2.45) is 17.3 Å². The summed E-state index contributed by atoms with van der Waals surface area (Å²) in [6.45, 7) is 1.77. The van der Waals surface area contributed by atoms with Gasteiger partial charge >= 0.3 is 12.4 Å². The van der Waals surface area contributed by atoms with Crippen LogP contribution in [0.2, 0.25) is 0 Å². The van der Waals surface area contributed by atoms with Gasteiger partial charge in [-0.25, -0.2) is 18.4 Å². The zero-order valence-electron chi connectivity index (χ0n) is 17.9. The smallest absolute Gasteiger partial charge is 0.351 e. The molecule has 186 valence electrons. The van der Waals surface area contributed by atoms with Gasteiger partial charge in [0.05, 0.1) is 11.3 Å². The fourth-order valence-electron chi connectivity index (χ4n) is 4.62. The molecule has 2 aliphatic rings. The van der Waals surface area contributed by atoms with Gasteiger partial charge in [-0.05, 0) is 42.9 Å². The van der Waals surface area contributed by atoms with Gasteiger partial charge in [-0.2, -0.15) is 26.3 Å². The number of amides is 1. The molecule has 1 aromatic rings. The normalized spacial score (nSPS) is 23.8. The molecule has 0 atom stereocenters. The topological polar surface area (TPSA) is 89.0 Å². The van der Waals surface area contributed by atoms with Crippen LogP contribution in [0.5, 0.6) is 0 Å². The second-order valence-electron chi connectivity index (χ2n) is 9.17. The number of nitrogens with one attached hydrogen (secondary N) is 1. The summed E-state index contributed by atoms with van der Waals surface area (Å²) in [6, 6.07) is 0. The molecule has 2 saturated carbocycles. The first-order chi connectivity index (χ1) is 15.1. The Balaban J connectivity index is 1.71. The third kappa shape index (κ3) is 6.57. The molecule has 0 aromatic carbocycles. The van der Waals surface area contributed by atoms with Crippen LogP contribution in [0.4, 0.5) is 26.3 Å². The summed E-state index contributed by atoms with van der Waals surface area (Å²) in [5, 5.41) is 2.40. The lowest BCUT2D eigenvalue weighted by Gasteiger charge is -2.48. The van der Waals surface area contributed by atoms with Gasteiger partial charge in [-0.1, -0.05) is 19.8 Å². The zero-order chi connectivity index (χ0) is 24.7. The number of carbonyl (C=O) groups excluding carboxylic acids is 1. The van der Waals surface area contributed by atoms with Crippen LogP contribution in [0.1, 0.15) is 67.3 Å². The lowest BCUT2D eigenvalue weighted by Crippen LogP contribution is -2.48. The van der Waals surface area contributed by atoms with Crippen molar-refractivity contribution in [3.05, 3.63) is 23.3 Å². The molecular weight excluding hydrogens is 476 g/mol. The van der Waals surface area contributed by atoms with E-state index in [-0.39, 0.29) is 30.2 Å². The van der Waals surface area contributed by atoms with E-state index in [2.05, 4.69) is 15.3 Å². The molecular formula is C20H25F6N3O3S. The van der Waals surface area contributed by atoms with E-state index in [9.17, 15) is 39.6 Å². The summed E-state index contributed by atoms with van der Waals surface area (Å²) in [6.07, 6.45) is -5.98. The van der Waals surface area contributed by atoms with E-state index in [0.29, 0.717) is 31.6 Å². The molecule has 33 heavy (non-hydrogen) atoms. The van der Waals surface area contributed by atoms with Crippen LogP contribution in [-0.2, 0) is 22.2 Å². The summed E-state index contributed by atoms with van der Waals surface area (Å²) in [4.78, 5) is 17.9. The molecule has 3 rings (SSSR count). The minimum atomic E-state index is -5.28. The lowest BCUT2D eigenvalue weighted by atomic mass is 9.60. The zero-order valence-corrected chi connectivity index (χ0v) is 18.7. The number of hydrogen-bond acceptors (Lipinski definition) is 5. The Kier molecular flexibility index (Phi) is 7.03. The molecule has 2 aliphatic carbocycles. The van der Waals surface area contributed by atoms with Crippen molar-refractivity contribution in [1.29, 1.82) is 0 Å². The summed E-state index contributed by atoms with van der Waals surface area (Å²) in [5.74, 6) is -2.73. The second kappa shape index (κ2) is 9.03. The highest BCUT2D eigenvalue weighted by molar-refractivity contribution is 7.91. The molecule has 0 saturated heterocycles. The van der Waals surface area contributed by atoms with E-state index in [1.807, 2.05) is 0 Å². The van der Waals surface area contributed by atoms with Crippen molar-refractivity contribution in [1.82, 2.24) is 15.3 Å². The molecule has 0 aliphatic heterocycles. The summed E-state index contributed by atoms with van der Waals surface area (Å²) in [5.41, 5.74) is -3.47. The first-order valence-electron chi connectivity index (χ1n) is 10.6. The van der Waals surface area contributed by atoms with E-state index >= 15 is 0 Å². The molecule has 1 N–H and O–H groups in total. The molecule has 0 radical (unpaired) electrons. The lowest BCUT2D eigenvalue weighted by molar-refractivity contribution is -0.153. The summed E-state index contributed by atoms with van der Waals surface area (Å²) < 4.78 is 102. The fourth-order valence-corrected chi connectivity index (χ4v) is 6.36. The monoisotopic (exact) mass is 501 g/mol. The predicted octanol–water partition coefficient (Wildman–Crippen LogP) is 4.27. The molecule has 1 aromatic heterocycles. The fraction of sp³-hybridized carbons (Fsp3) is 0.750. The highest BCUT2D eigenvalue weighted by Gasteiger charge is 2.48. The summed E-state index contributed by atoms with van der Waals surface area (Å²) >= 11 is 0. The number of halogens is 6. The first-order valence-corrected chi connectivity index (χ1v) is 12.5. The average Bonchev–Trinajstić information content (AvgIpc) is 3.46. The summed E-state index contributed by atoms with van der Waals surface area (Å²) in [7, 11) is -3.19. The quantitative estimate of drug-likeness (QED) is 0.511. The van der Waals surface area contributed by atoms with Crippen LogP contribution in [0.3, 0.4) is 0 Å². The Morgan fingerprint density at radius 1 is 1.12 bits per heavy atom. The Morgan fingerprint density at radius 2 is 1.76 bits per heavy atom. The molecule has 0 spiro atoms. The van der Waals surface area contributed by atoms with E-state index < -0.39 is 50.6 Å². The van der Waals surface area contributed by atoms with Crippen LogP contribution in [-0.4, -0.2) is 42.3 Å². The maximum Gasteiger partial charge on any atom is 0.451 e. The van der Waals surface area contributed by atoms with E-state index in [1.165, 1.54) is 0 Å². The van der Waals surface area contributed by atoms with Crippen molar-refractivity contribution >= 4 is 15.7 Å². The van der Waals surface area contributed by atoms with Gasteiger partial charge in [0.15, 0.2) is 15.5 Å². The maximum atomic E-state index is 13.3. The molecule has 0 bridgehead atoms. The van der Waals surface area contributed by atoms with E-state index in [0.717, 1.165) is 12.8 Å². The third-order valence-electron chi connectivity index (χ3n) is 6.05. The SMILES string of the molecule is CCCS(=O)(=O)C[C@H]1C[C@](CNC(=O)c2cnc(C(F)(F)F)nc2C(F)(F)F)(CC2CC2)C1. The molecule has 2 fully saturated rings. The Morgan fingerprint density at radius 3 is 2.27 bits per heavy atom. The molecule has 6 nitrogen and oxygen atoms in total. The predicted molar refractivity (Wildman–Crippen MR) is 106 cm³/mol. The van der Waals surface area contributed by atoms with Gasteiger partial charge in [0, 0.05) is 18.5 Å². The van der Waals surface area contributed by atoms with Gasteiger partial charge in [0.2, 0.25) is 5.82 Å². The van der Waals surface area contributed by atoms with Crippen LogP contribution in [0, 0.1) is 17.3 Å². The number of alkyl halides is 6. The largest absolute Gasteiger partial charge is 0.451 e. The molecule has 1 amide bonds. The number of hydrogen-bond donors (Lipinski definition) is 1. The molecule has 13 heteroatoms. The number of aromatic nitrogens is 2. The van der Waals surface area contributed by atoms with Crippen molar-refractivity contribution in [2.75, 3.05) is 18.1 Å². The van der Waals surface area contributed by atoms with Crippen molar-refractivity contribution in [3.63, 3.8) is 0 Å². The number of carbonyl (C=O) groups is 1. The maximum absolute atomic E-state index is 13.3. The van der Waals surface area contributed by atoms with Crippen LogP contribution in [0.25, 0.3) is 0 Å². The van der Waals surface area contributed by atoms with Gasteiger partial charge in [0.25, 0.3) is 5.91 Å². The minimum absolute atomic E-state index is 0.00494. The highest BCUT2D eigenvalue weighted by atomic mass is 32.2. The van der Waals surface area contributed by atoms with Gasteiger partial charge in [-0.15, -0.1) is 0 Å². The Labute approximate surface area is 187 Å². The Hall–Kier alpha value is -1.92. The number of nitrogens with zero attached hydrogens (tertiary/aromatic N) is 2.